The molecule has 132 valence electrons. The van der Waals surface area contributed by atoms with Gasteiger partial charge < -0.3 is 10.6 Å². The van der Waals surface area contributed by atoms with E-state index in [1.807, 2.05) is 55.5 Å². The summed E-state index contributed by atoms with van der Waals surface area (Å²) < 4.78 is 0. The number of benzene rings is 2. The second-order valence-corrected chi connectivity index (χ2v) is 6.32. The molecule has 3 aromatic rings. The third-order valence-corrected chi connectivity index (χ3v) is 4.13. The molecule has 0 aliphatic rings. The Morgan fingerprint density at radius 1 is 0.962 bits per heavy atom. The third kappa shape index (κ3) is 4.93. The highest BCUT2D eigenvalue weighted by molar-refractivity contribution is 5.92. The van der Waals surface area contributed by atoms with Gasteiger partial charge in [0, 0.05) is 5.69 Å². The summed E-state index contributed by atoms with van der Waals surface area (Å²) >= 11 is 0. The van der Waals surface area contributed by atoms with Gasteiger partial charge in [0.2, 0.25) is 5.91 Å². The molecule has 0 fully saturated rings. The molecule has 0 atom stereocenters. The van der Waals surface area contributed by atoms with Gasteiger partial charge >= 0.3 is 0 Å². The van der Waals surface area contributed by atoms with E-state index in [-0.39, 0.29) is 5.91 Å². The fourth-order valence-corrected chi connectivity index (χ4v) is 2.73. The molecule has 26 heavy (non-hydrogen) atoms. The number of anilines is 3. The second-order valence-electron chi connectivity index (χ2n) is 6.32. The monoisotopic (exact) mass is 345 g/mol. The Hall–Kier alpha value is -3.14. The minimum Gasteiger partial charge on any atom is -0.340 e. The lowest BCUT2D eigenvalue weighted by atomic mass is 10.1. The number of nitrogens with one attached hydrogen (secondary N) is 2. The van der Waals surface area contributed by atoms with Crippen molar-refractivity contribution < 1.29 is 4.79 Å². The molecular weight excluding hydrogens is 322 g/mol. The maximum Gasteiger partial charge on any atom is 0.228 e. The number of hydrogen-bond acceptors (Lipinski definition) is 3. The molecule has 0 aliphatic carbocycles. The van der Waals surface area contributed by atoms with E-state index in [0.29, 0.717) is 12.1 Å². The van der Waals surface area contributed by atoms with Crippen molar-refractivity contribution in [2.75, 3.05) is 10.6 Å². The lowest BCUT2D eigenvalue weighted by molar-refractivity contribution is -0.115. The van der Waals surface area contributed by atoms with Crippen LogP contribution in [0.25, 0.3) is 0 Å². The van der Waals surface area contributed by atoms with E-state index < -0.39 is 0 Å². The SMILES string of the molecule is CCc1ccc(Nc2ccc(NC(=O)Cc3cccc(C)c3)cn2)cc1. The topological polar surface area (TPSA) is 54.0 Å². The van der Waals surface area contributed by atoms with Crippen LogP contribution in [0, 0.1) is 6.92 Å². The zero-order chi connectivity index (χ0) is 18.4. The summed E-state index contributed by atoms with van der Waals surface area (Å²) in [6.07, 6.45) is 3.04. The van der Waals surface area contributed by atoms with E-state index in [1.165, 1.54) is 5.56 Å². The maximum absolute atomic E-state index is 12.2. The number of aryl methyl sites for hydroxylation is 2. The molecule has 0 aliphatic heterocycles. The minimum absolute atomic E-state index is 0.0479. The zero-order valence-corrected chi connectivity index (χ0v) is 15.1. The van der Waals surface area contributed by atoms with Crippen LogP contribution in [-0.4, -0.2) is 10.9 Å². The average Bonchev–Trinajstić information content (AvgIpc) is 2.64. The van der Waals surface area contributed by atoms with Gasteiger partial charge in [-0.05, 0) is 48.7 Å². The van der Waals surface area contributed by atoms with Gasteiger partial charge in [-0.25, -0.2) is 4.98 Å². The van der Waals surface area contributed by atoms with Crippen molar-refractivity contribution in [1.82, 2.24) is 4.98 Å². The van der Waals surface area contributed by atoms with Crippen molar-refractivity contribution in [1.29, 1.82) is 0 Å². The first-order valence-electron chi connectivity index (χ1n) is 8.80. The predicted molar refractivity (Wildman–Crippen MR) is 107 cm³/mol. The number of nitrogens with zero attached hydrogens (tertiary/aromatic N) is 1. The van der Waals surface area contributed by atoms with Gasteiger partial charge in [-0.1, -0.05) is 48.9 Å². The zero-order valence-electron chi connectivity index (χ0n) is 15.1. The van der Waals surface area contributed by atoms with Crippen LogP contribution in [0.15, 0.2) is 66.9 Å². The smallest absolute Gasteiger partial charge is 0.228 e. The van der Waals surface area contributed by atoms with Gasteiger partial charge in [-0.3, -0.25) is 4.79 Å². The molecule has 0 saturated heterocycles. The fraction of sp³-hybridized carbons (Fsp3) is 0.182. The summed E-state index contributed by atoms with van der Waals surface area (Å²) in [7, 11) is 0. The van der Waals surface area contributed by atoms with Gasteiger partial charge in [-0.15, -0.1) is 0 Å². The number of carbonyl (C=O) groups is 1. The van der Waals surface area contributed by atoms with Crippen molar-refractivity contribution in [3.05, 3.63) is 83.6 Å². The number of hydrogen-bond donors (Lipinski definition) is 2. The van der Waals surface area contributed by atoms with Crippen molar-refractivity contribution in [2.24, 2.45) is 0 Å². The molecule has 2 N–H and O–H groups in total. The van der Waals surface area contributed by atoms with E-state index in [2.05, 4.69) is 34.7 Å². The average molecular weight is 345 g/mol. The number of aromatic nitrogens is 1. The molecule has 0 spiro atoms. The Morgan fingerprint density at radius 3 is 2.38 bits per heavy atom. The van der Waals surface area contributed by atoms with Crippen molar-refractivity contribution in [3.63, 3.8) is 0 Å². The van der Waals surface area contributed by atoms with E-state index in [9.17, 15) is 4.79 Å². The van der Waals surface area contributed by atoms with Crippen LogP contribution in [0.5, 0.6) is 0 Å². The normalized spacial score (nSPS) is 10.4. The van der Waals surface area contributed by atoms with Gasteiger partial charge in [-0.2, -0.15) is 0 Å². The standard InChI is InChI=1S/C22H23N3O/c1-3-17-7-9-19(10-8-17)24-21-12-11-20(15-23-21)25-22(26)14-18-6-4-5-16(2)13-18/h4-13,15H,3,14H2,1-2H3,(H,23,24)(H,25,26). The quantitative estimate of drug-likeness (QED) is 0.669. The van der Waals surface area contributed by atoms with Gasteiger partial charge in [0.15, 0.2) is 0 Å². The molecule has 3 rings (SSSR count). The lowest BCUT2D eigenvalue weighted by Gasteiger charge is -2.09. The second kappa shape index (κ2) is 8.30. The predicted octanol–water partition coefficient (Wildman–Crippen LogP) is 4.88. The van der Waals surface area contributed by atoms with Crippen LogP contribution in [0.3, 0.4) is 0 Å². The van der Waals surface area contributed by atoms with Crippen molar-refractivity contribution in [2.45, 2.75) is 26.7 Å². The fourth-order valence-electron chi connectivity index (χ4n) is 2.73. The summed E-state index contributed by atoms with van der Waals surface area (Å²) in [5.74, 6) is 0.694. The minimum atomic E-state index is -0.0479. The third-order valence-electron chi connectivity index (χ3n) is 4.13. The Morgan fingerprint density at radius 2 is 1.73 bits per heavy atom. The first-order valence-corrected chi connectivity index (χ1v) is 8.80. The van der Waals surface area contributed by atoms with E-state index in [4.69, 9.17) is 0 Å². The number of amides is 1. The highest BCUT2D eigenvalue weighted by Gasteiger charge is 2.05. The van der Waals surface area contributed by atoms with Crippen molar-refractivity contribution >= 4 is 23.1 Å². The van der Waals surface area contributed by atoms with Crippen LogP contribution in [0.1, 0.15) is 23.6 Å². The van der Waals surface area contributed by atoms with Gasteiger partial charge in [0.1, 0.15) is 5.82 Å². The summed E-state index contributed by atoms with van der Waals surface area (Å²) in [5, 5.41) is 6.14. The van der Waals surface area contributed by atoms with Crippen molar-refractivity contribution in [3.8, 4) is 0 Å². The lowest BCUT2D eigenvalue weighted by Crippen LogP contribution is -2.14. The molecule has 0 saturated carbocycles. The number of rotatable bonds is 6. The number of pyridine rings is 1. The summed E-state index contributed by atoms with van der Waals surface area (Å²) in [4.78, 5) is 16.5. The van der Waals surface area contributed by atoms with Gasteiger partial charge in [0.25, 0.3) is 0 Å². The molecule has 4 heteroatoms. The molecule has 1 aromatic heterocycles. The molecule has 0 bridgehead atoms. The Balaban J connectivity index is 1.57. The summed E-state index contributed by atoms with van der Waals surface area (Å²) in [6, 6.07) is 20.0. The molecule has 2 aromatic carbocycles. The van der Waals surface area contributed by atoms with Crippen LogP contribution < -0.4 is 10.6 Å². The Kier molecular flexibility index (Phi) is 5.64. The molecule has 0 radical (unpaired) electrons. The van der Waals surface area contributed by atoms with Crippen LogP contribution >= 0.6 is 0 Å². The van der Waals surface area contributed by atoms with Crippen LogP contribution in [0.2, 0.25) is 0 Å². The Labute approximate surface area is 154 Å². The van der Waals surface area contributed by atoms with E-state index >= 15 is 0 Å². The molecule has 1 amide bonds. The largest absolute Gasteiger partial charge is 0.340 e. The molecule has 4 nitrogen and oxygen atoms in total. The van der Waals surface area contributed by atoms with Crippen LogP contribution in [-0.2, 0) is 17.6 Å². The highest BCUT2D eigenvalue weighted by Crippen LogP contribution is 2.17. The molecule has 0 unspecified atom stereocenters. The Bertz CT molecular complexity index is 871. The molecular formula is C22H23N3O. The maximum atomic E-state index is 12.2. The van der Waals surface area contributed by atoms with E-state index in [1.54, 1.807) is 6.20 Å². The summed E-state index contributed by atoms with van der Waals surface area (Å²) in [5.41, 5.74) is 5.14. The van der Waals surface area contributed by atoms with E-state index in [0.717, 1.165) is 29.1 Å². The molecule has 1 heterocycles. The highest BCUT2D eigenvalue weighted by atomic mass is 16.1. The number of carbonyl (C=O) groups excluding carboxylic acids is 1. The van der Waals surface area contributed by atoms with Crippen LogP contribution in [0.4, 0.5) is 17.2 Å². The first-order chi connectivity index (χ1) is 12.6. The van der Waals surface area contributed by atoms with Gasteiger partial charge in [0.05, 0.1) is 18.3 Å². The first kappa shape index (κ1) is 17.7. The summed E-state index contributed by atoms with van der Waals surface area (Å²) in [6.45, 7) is 4.16.